The van der Waals surface area contributed by atoms with Gasteiger partial charge in [0.15, 0.2) is 17.4 Å². The number of imide groups is 1. The standard InChI is InChI=1S/C18H12N2O4/c21-15-11-8-4-5-9-12(11)20-18(15,10-6-2-1-3-7-10)13-14(24-20)17(23)19-16(13)22/h1-9,13-14H,(H,19,22,23)/t13-,14+,18+/m1/s1. The fourth-order valence-electron chi connectivity index (χ4n) is 4.05. The fourth-order valence-corrected chi connectivity index (χ4v) is 4.05. The number of amides is 2. The van der Waals surface area contributed by atoms with Gasteiger partial charge in [0.1, 0.15) is 5.92 Å². The number of carbonyl (C=O) groups excluding carboxylic acids is 3. The first-order valence-electron chi connectivity index (χ1n) is 7.67. The highest BCUT2D eigenvalue weighted by molar-refractivity contribution is 6.20. The Morgan fingerprint density at radius 1 is 0.917 bits per heavy atom. The minimum atomic E-state index is -1.34. The highest BCUT2D eigenvalue weighted by Crippen LogP contribution is 2.56. The van der Waals surface area contributed by atoms with E-state index in [-0.39, 0.29) is 5.78 Å². The lowest BCUT2D eigenvalue weighted by Crippen LogP contribution is -2.50. The van der Waals surface area contributed by atoms with Crippen LogP contribution in [0.5, 0.6) is 0 Å². The second-order valence-electron chi connectivity index (χ2n) is 6.13. The largest absolute Gasteiger partial charge is 0.294 e. The van der Waals surface area contributed by atoms with Gasteiger partial charge in [0.05, 0.1) is 5.69 Å². The van der Waals surface area contributed by atoms with Crippen LogP contribution in [0.2, 0.25) is 0 Å². The topological polar surface area (TPSA) is 75.7 Å². The van der Waals surface area contributed by atoms with Crippen molar-refractivity contribution in [1.82, 2.24) is 5.32 Å². The Balaban J connectivity index is 1.83. The van der Waals surface area contributed by atoms with Crippen LogP contribution in [0.4, 0.5) is 5.69 Å². The molecule has 6 heteroatoms. The molecule has 0 spiro atoms. The minimum Gasteiger partial charge on any atom is -0.294 e. The van der Waals surface area contributed by atoms with Crippen molar-refractivity contribution in [2.75, 3.05) is 5.06 Å². The average molecular weight is 320 g/mol. The first-order valence-corrected chi connectivity index (χ1v) is 7.67. The first-order chi connectivity index (χ1) is 11.7. The number of ketones is 1. The van der Waals surface area contributed by atoms with Crippen molar-refractivity contribution >= 4 is 23.3 Å². The van der Waals surface area contributed by atoms with E-state index in [4.69, 9.17) is 4.84 Å². The molecule has 0 aliphatic carbocycles. The van der Waals surface area contributed by atoms with Gasteiger partial charge in [-0.15, -0.1) is 0 Å². The second-order valence-corrected chi connectivity index (χ2v) is 6.13. The van der Waals surface area contributed by atoms with E-state index in [9.17, 15) is 14.4 Å². The summed E-state index contributed by atoms with van der Waals surface area (Å²) in [5, 5.41) is 3.76. The Hall–Kier alpha value is -2.99. The number of nitrogens with zero attached hydrogens (tertiary/aromatic N) is 1. The molecule has 118 valence electrons. The van der Waals surface area contributed by atoms with E-state index in [0.29, 0.717) is 16.8 Å². The predicted octanol–water partition coefficient (Wildman–Crippen LogP) is 1.17. The maximum absolute atomic E-state index is 13.4. The van der Waals surface area contributed by atoms with Gasteiger partial charge < -0.3 is 0 Å². The zero-order valence-corrected chi connectivity index (χ0v) is 12.4. The number of benzene rings is 2. The Labute approximate surface area is 137 Å². The second kappa shape index (κ2) is 4.30. The molecule has 24 heavy (non-hydrogen) atoms. The minimum absolute atomic E-state index is 0.221. The van der Waals surface area contributed by atoms with Gasteiger partial charge >= 0.3 is 0 Å². The van der Waals surface area contributed by atoms with Crippen molar-refractivity contribution in [3.63, 3.8) is 0 Å². The number of nitrogens with one attached hydrogen (secondary N) is 1. The van der Waals surface area contributed by atoms with E-state index in [1.807, 2.05) is 6.07 Å². The quantitative estimate of drug-likeness (QED) is 0.798. The van der Waals surface area contributed by atoms with Crippen LogP contribution in [0.1, 0.15) is 15.9 Å². The molecule has 2 amide bonds. The maximum Gasteiger partial charge on any atom is 0.259 e. The lowest BCUT2D eigenvalue weighted by Gasteiger charge is -2.33. The molecule has 6 nitrogen and oxygen atoms in total. The number of carbonyl (C=O) groups is 3. The molecule has 0 radical (unpaired) electrons. The molecular weight excluding hydrogens is 308 g/mol. The molecule has 3 aliphatic heterocycles. The molecule has 3 atom stereocenters. The number of para-hydroxylation sites is 1. The highest BCUT2D eigenvalue weighted by atomic mass is 16.7. The van der Waals surface area contributed by atoms with E-state index in [1.54, 1.807) is 48.5 Å². The van der Waals surface area contributed by atoms with Crippen LogP contribution in [-0.4, -0.2) is 23.7 Å². The summed E-state index contributed by atoms with van der Waals surface area (Å²) in [5.74, 6) is -2.11. The fraction of sp³-hybridized carbons (Fsp3) is 0.167. The number of fused-ring (bicyclic) bond motifs is 5. The molecular formula is C18H12N2O4. The molecule has 3 heterocycles. The van der Waals surface area contributed by atoms with Crippen LogP contribution in [0.3, 0.4) is 0 Å². The van der Waals surface area contributed by atoms with Gasteiger partial charge in [-0.25, -0.2) is 5.06 Å². The van der Waals surface area contributed by atoms with Crippen LogP contribution in [0.15, 0.2) is 54.6 Å². The first kappa shape index (κ1) is 13.4. The molecule has 5 rings (SSSR count). The predicted molar refractivity (Wildman–Crippen MR) is 82.9 cm³/mol. The molecule has 2 aromatic rings. The van der Waals surface area contributed by atoms with Gasteiger partial charge in [0, 0.05) is 5.56 Å². The van der Waals surface area contributed by atoms with Gasteiger partial charge in [-0.05, 0) is 17.7 Å². The van der Waals surface area contributed by atoms with Gasteiger partial charge in [0.2, 0.25) is 5.91 Å². The number of hydroxylamine groups is 1. The summed E-state index contributed by atoms with van der Waals surface area (Å²) in [6.07, 6.45) is -0.991. The molecule has 2 fully saturated rings. The Morgan fingerprint density at radius 3 is 2.42 bits per heavy atom. The van der Waals surface area contributed by atoms with E-state index in [2.05, 4.69) is 5.32 Å². The lowest BCUT2D eigenvalue weighted by molar-refractivity contribution is -0.129. The van der Waals surface area contributed by atoms with Crippen molar-refractivity contribution < 1.29 is 19.2 Å². The van der Waals surface area contributed by atoms with E-state index in [0.717, 1.165) is 0 Å². The Morgan fingerprint density at radius 2 is 1.62 bits per heavy atom. The number of Topliss-reactive ketones (excluding diaryl/α,β-unsaturated/α-hetero) is 1. The number of rotatable bonds is 1. The van der Waals surface area contributed by atoms with Crippen molar-refractivity contribution in [2.24, 2.45) is 5.92 Å². The van der Waals surface area contributed by atoms with E-state index < -0.39 is 29.4 Å². The summed E-state index contributed by atoms with van der Waals surface area (Å²) < 4.78 is 0. The molecule has 0 unspecified atom stereocenters. The smallest absolute Gasteiger partial charge is 0.259 e. The van der Waals surface area contributed by atoms with Crippen LogP contribution in [-0.2, 0) is 20.0 Å². The Bertz CT molecular complexity index is 910. The van der Waals surface area contributed by atoms with Crippen LogP contribution in [0, 0.1) is 5.92 Å². The van der Waals surface area contributed by atoms with E-state index >= 15 is 0 Å². The third kappa shape index (κ3) is 1.33. The summed E-state index contributed by atoms with van der Waals surface area (Å²) >= 11 is 0. The summed E-state index contributed by atoms with van der Waals surface area (Å²) in [6, 6.07) is 16.1. The summed E-state index contributed by atoms with van der Waals surface area (Å²) in [6.45, 7) is 0. The highest BCUT2D eigenvalue weighted by Gasteiger charge is 2.71. The van der Waals surface area contributed by atoms with E-state index in [1.165, 1.54) is 5.06 Å². The third-order valence-corrected chi connectivity index (χ3v) is 5.01. The molecule has 0 bridgehead atoms. The summed E-state index contributed by atoms with van der Waals surface area (Å²) in [4.78, 5) is 43.8. The van der Waals surface area contributed by atoms with Crippen LogP contribution in [0.25, 0.3) is 0 Å². The van der Waals surface area contributed by atoms with Crippen molar-refractivity contribution in [3.8, 4) is 0 Å². The van der Waals surface area contributed by atoms with Crippen molar-refractivity contribution in [1.29, 1.82) is 0 Å². The zero-order chi connectivity index (χ0) is 16.5. The van der Waals surface area contributed by atoms with Crippen LogP contribution < -0.4 is 10.4 Å². The van der Waals surface area contributed by atoms with Gasteiger partial charge in [-0.1, -0.05) is 42.5 Å². The van der Waals surface area contributed by atoms with Crippen molar-refractivity contribution in [2.45, 2.75) is 11.6 Å². The average Bonchev–Trinajstić information content (AvgIpc) is 3.18. The van der Waals surface area contributed by atoms with Gasteiger partial charge in [-0.2, -0.15) is 0 Å². The third-order valence-electron chi connectivity index (χ3n) is 5.01. The molecule has 2 aromatic carbocycles. The lowest BCUT2D eigenvalue weighted by atomic mass is 9.74. The Kier molecular flexibility index (Phi) is 2.41. The van der Waals surface area contributed by atoms with Crippen LogP contribution >= 0.6 is 0 Å². The molecule has 0 saturated carbocycles. The summed E-state index contributed by atoms with van der Waals surface area (Å²) in [5.41, 5.74) is 0.378. The van der Waals surface area contributed by atoms with Gasteiger partial charge in [-0.3, -0.25) is 24.5 Å². The number of hydrogen-bond donors (Lipinski definition) is 1. The zero-order valence-electron chi connectivity index (χ0n) is 12.4. The number of anilines is 1. The monoisotopic (exact) mass is 320 g/mol. The molecule has 3 aliphatic rings. The normalized spacial score (nSPS) is 30.2. The molecule has 2 saturated heterocycles. The van der Waals surface area contributed by atoms with Crippen molar-refractivity contribution in [3.05, 3.63) is 65.7 Å². The SMILES string of the molecule is O=C1NC(=O)[C@H]2[C@@H]1ON1c3ccccc3C(=O)[C@]21c1ccccc1. The maximum atomic E-state index is 13.4. The summed E-state index contributed by atoms with van der Waals surface area (Å²) in [7, 11) is 0. The van der Waals surface area contributed by atoms with Gasteiger partial charge in [0.25, 0.3) is 5.91 Å². The number of hydrogen-bond acceptors (Lipinski definition) is 5. The molecule has 0 aromatic heterocycles. The molecule has 1 N–H and O–H groups in total.